The molecule has 1 atom stereocenters. The molecule has 1 unspecified atom stereocenters. The standard InChI is InChI=1S/C17H24O2/c1-19-17(18)16(15-12-8-5-9-13-15)14-10-6-3-2-4-7-11-14/h5,8-9,12-14,16H,2-4,6-7,10-11H2,1H3. The Kier molecular flexibility index (Phi) is 5.44. The number of hydrogen-bond acceptors (Lipinski definition) is 2. The molecule has 0 heterocycles. The van der Waals surface area contributed by atoms with Crippen molar-refractivity contribution < 1.29 is 9.53 Å². The van der Waals surface area contributed by atoms with Crippen molar-refractivity contribution in [3.63, 3.8) is 0 Å². The van der Waals surface area contributed by atoms with E-state index in [1.54, 1.807) is 0 Å². The third kappa shape index (κ3) is 3.82. The number of rotatable bonds is 3. The molecule has 0 saturated heterocycles. The van der Waals surface area contributed by atoms with Crippen molar-refractivity contribution in [3.05, 3.63) is 35.9 Å². The predicted molar refractivity (Wildman–Crippen MR) is 77.0 cm³/mol. The molecule has 0 aromatic heterocycles. The maximum absolute atomic E-state index is 12.2. The van der Waals surface area contributed by atoms with E-state index in [4.69, 9.17) is 4.74 Å². The molecule has 1 fully saturated rings. The van der Waals surface area contributed by atoms with Gasteiger partial charge in [-0.2, -0.15) is 0 Å². The summed E-state index contributed by atoms with van der Waals surface area (Å²) in [7, 11) is 1.50. The van der Waals surface area contributed by atoms with Crippen LogP contribution in [0.15, 0.2) is 30.3 Å². The molecule has 104 valence electrons. The molecule has 0 aliphatic heterocycles. The van der Waals surface area contributed by atoms with Crippen molar-refractivity contribution in [2.45, 2.75) is 50.9 Å². The summed E-state index contributed by atoms with van der Waals surface area (Å²) >= 11 is 0. The second-order valence-corrected chi connectivity index (χ2v) is 5.52. The zero-order chi connectivity index (χ0) is 13.5. The molecule has 0 radical (unpaired) electrons. The fourth-order valence-corrected chi connectivity index (χ4v) is 3.21. The zero-order valence-electron chi connectivity index (χ0n) is 11.8. The van der Waals surface area contributed by atoms with Crippen molar-refractivity contribution >= 4 is 5.97 Å². The number of carbonyl (C=O) groups excluding carboxylic acids is 1. The van der Waals surface area contributed by atoms with Crippen molar-refractivity contribution in [3.8, 4) is 0 Å². The van der Waals surface area contributed by atoms with E-state index < -0.39 is 0 Å². The lowest BCUT2D eigenvalue weighted by molar-refractivity contribution is -0.144. The van der Waals surface area contributed by atoms with Crippen LogP contribution in [0.1, 0.15) is 56.4 Å². The summed E-state index contributed by atoms with van der Waals surface area (Å²) in [5, 5.41) is 0. The minimum absolute atomic E-state index is 0.0724. The van der Waals surface area contributed by atoms with Gasteiger partial charge in [-0.1, -0.05) is 62.4 Å². The Bertz CT molecular complexity index is 378. The first-order valence-corrected chi connectivity index (χ1v) is 7.45. The van der Waals surface area contributed by atoms with E-state index in [-0.39, 0.29) is 11.9 Å². The average molecular weight is 260 g/mol. The molecule has 1 aliphatic rings. The van der Waals surface area contributed by atoms with Crippen molar-refractivity contribution in [1.29, 1.82) is 0 Å². The molecule has 0 amide bonds. The molecular formula is C17H24O2. The minimum atomic E-state index is -0.0794. The topological polar surface area (TPSA) is 26.3 Å². The number of methoxy groups -OCH3 is 1. The highest BCUT2D eigenvalue weighted by Crippen LogP contribution is 2.35. The third-order valence-electron chi connectivity index (χ3n) is 4.24. The van der Waals surface area contributed by atoms with Crippen LogP contribution < -0.4 is 0 Å². The largest absolute Gasteiger partial charge is 0.469 e. The normalized spacial score (nSPS) is 19.2. The van der Waals surface area contributed by atoms with E-state index in [1.807, 2.05) is 18.2 Å². The van der Waals surface area contributed by atoms with Gasteiger partial charge in [0.15, 0.2) is 0 Å². The molecular weight excluding hydrogens is 236 g/mol. The molecule has 2 nitrogen and oxygen atoms in total. The number of ether oxygens (including phenoxy) is 1. The maximum atomic E-state index is 12.2. The quantitative estimate of drug-likeness (QED) is 0.757. The van der Waals surface area contributed by atoms with E-state index in [2.05, 4.69) is 12.1 Å². The zero-order valence-corrected chi connectivity index (χ0v) is 11.8. The molecule has 0 N–H and O–H groups in total. The molecule has 0 bridgehead atoms. The number of esters is 1. The van der Waals surface area contributed by atoms with Gasteiger partial charge in [-0.3, -0.25) is 4.79 Å². The first-order valence-electron chi connectivity index (χ1n) is 7.45. The van der Waals surface area contributed by atoms with Crippen LogP contribution >= 0.6 is 0 Å². The van der Waals surface area contributed by atoms with Gasteiger partial charge in [0.05, 0.1) is 13.0 Å². The molecule has 2 rings (SSSR count). The third-order valence-corrected chi connectivity index (χ3v) is 4.24. The van der Waals surface area contributed by atoms with E-state index in [9.17, 15) is 4.79 Å². The van der Waals surface area contributed by atoms with E-state index in [0.717, 1.165) is 18.4 Å². The first kappa shape index (κ1) is 14.1. The van der Waals surface area contributed by atoms with Crippen LogP contribution in [-0.2, 0) is 9.53 Å². The van der Waals surface area contributed by atoms with Gasteiger partial charge >= 0.3 is 5.97 Å². The Hall–Kier alpha value is -1.31. The van der Waals surface area contributed by atoms with Crippen LogP contribution in [0.3, 0.4) is 0 Å². The summed E-state index contributed by atoms with van der Waals surface area (Å²) in [6, 6.07) is 10.1. The second kappa shape index (κ2) is 7.32. The van der Waals surface area contributed by atoms with Gasteiger partial charge in [-0.25, -0.2) is 0 Å². The van der Waals surface area contributed by atoms with Crippen LogP contribution in [0, 0.1) is 5.92 Å². The maximum Gasteiger partial charge on any atom is 0.313 e. The van der Waals surface area contributed by atoms with Crippen LogP contribution in [0.5, 0.6) is 0 Å². The number of hydrogen-bond donors (Lipinski definition) is 0. The highest BCUT2D eigenvalue weighted by Gasteiger charge is 2.30. The Morgan fingerprint density at radius 2 is 1.63 bits per heavy atom. The first-order chi connectivity index (χ1) is 9.33. The SMILES string of the molecule is COC(=O)C(c1ccccc1)C1CCCCCCC1. The summed E-state index contributed by atoms with van der Waals surface area (Å²) in [6.45, 7) is 0. The average Bonchev–Trinajstić information content (AvgIpc) is 2.42. The van der Waals surface area contributed by atoms with Gasteiger partial charge in [0.1, 0.15) is 0 Å². The molecule has 1 aromatic rings. The summed E-state index contributed by atoms with van der Waals surface area (Å²) in [4.78, 5) is 12.2. The Morgan fingerprint density at radius 1 is 1.05 bits per heavy atom. The van der Waals surface area contributed by atoms with Crippen molar-refractivity contribution in [1.82, 2.24) is 0 Å². The monoisotopic (exact) mass is 260 g/mol. The summed E-state index contributed by atoms with van der Waals surface area (Å²) < 4.78 is 5.05. The predicted octanol–water partition coefficient (Wildman–Crippen LogP) is 4.30. The second-order valence-electron chi connectivity index (χ2n) is 5.52. The summed E-state index contributed by atoms with van der Waals surface area (Å²) in [6.07, 6.45) is 8.73. The van der Waals surface area contributed by atoms with Gasteiger partial charge in [0, 0.05) is 0 Å². The molecule has 0 spiro atoms. The smallest absolute Gasteiger partial charge is 0.313 e. The van der Waals surface area contributed by atoms with Gasteiger partial charge in [0.25, 0.3) is 0 Å². The van der Waals surface area contributed by atoms with Crippen LogP contribution in [0.2, 0.25) is 0 Å². The summed E-state index contributed by atoms with van der Waals surface area (Å²) in [5.41, 5.74) is 1.11. The molecule has 1 aromatic carbocycles. The van der Waals surface area contributed by atoms with Gasteiger partial charge in [-0.15, -0.1) is 0 Å². The highest BCUT2D eigenvalue weighted by atomic mass is 16.5. The summed E-state index contributed by atoms with van der Waals surface area (Å²) in [5.74, 6) is 0.288. The van der Waals surface area contributed by atoms with Gasteiger partial charge in [0.2, 0.25) is 0 Å². The van der Waals surface area contributed by atoms with E-state index in [1.165, 1.54) is 39.2 Å². The molecule has 2 heteroatoms. The van der Waals surface area contributed by atoms with Crippen LogP contribution in [0.25, 0.3) is 0 Å². The highest BCUT2D eigenvalue weighted by molar-refractivity contribution is 5.78. The lowest BCUT2D eigenvalue weighted by Gasteiger charge is -2.27. The van der Waals surface area contributed by atoms with Crippen molar-refractivity contribution in [2.24, 2.45) is 5.92 Å². The Morgan fingerprint density at radius 3 is 2.21 bits per heavy atom. The number of benzene rings is 1. The molecule has 1 aliphatic carbocycles. The molecule has 19 heavy (non-hydrogen) atoms. The minimum Gasteiger partial charge on any atom is -0.469 e. The van der Waals surface area contributed by atoms with E-state index >= 15 is 0 Å². The van der Waals surface area contributed by atoms with Gasteiger partial charge in [-0.05, 0) is 24.3 Å². The number of carbonyl (C=O) groups is 1. The lowest BCUT2D eigenvalue weighted by atomic mass is 9.78. The van der Waals surface area contributed by atoms with Crippen LogP contribution in [0.4, 0.5) is 0 Å². The Labute approximate surface area is 116 Å². The lowest BCUT2D eigenvalue weighted by Crippen LogP contribution is -2.24. The molecule has 1 saturated carbocycles. The van der Waals surface area contributed by atoms with Gasteiger partial charge < -0.3 is 4.74 Å². The fourth-order valence-electron chi connectivity index (χ4n) is 3.21. The Balaban J connectivity index is 2.18. The van der Waals surface area contributed by atoms with Crippen LogP contribution in [-0.4, -0.2) is 13.1 Å². The van der Waals surface area contributed by atoms with Crippen molar-refractivity contribution in [2.75, 3.05) is 7.11 Å². The fraction of sp³-hybridized carbons (Fsp3) is 0.588. The van der Waals surface area contributed by atoms with E-state index in [0.29, 0.717) is 5.92 Å².